The van der Waals surface area contributed by atoms with E-state index in [0.29, 0.717) is 11.8 Å². The van der Waals surface area contributed by atoms with E-state index in [2.05, 4.69) is 76.2 Å². The molecule has 0 fully saturated rings. The molecule has 6 unspecified atom stereocenters. The maximum Gasteiger partial charge on any atom is -0.00361 e. The topological polar surface area (TPSA) is 0 Å². The molecule has 6 atom stereocenters. The van der Waals surface area contributed by atoms with E-state index in [9.17, 15) is 0 Å². The summed E-state index contributed by atoms with van der Waals surface area (Å²) in [6.45, 7) is 26.7. The van der Waals surface area contributed by atoms with Crippen LogP contribution in [0, 0.1) is 46.3 Å². The minimum Gasteiger partial charge on any atom is -0.179 e. The van der Waals surface area contributed by atoms with Crippen LogP contribution in [-0.4, -0.2) is 5.75 Å². The van der Waals surface area contributed by atoms with Crippen LogP contribution in [0.15, 0.2) is 0 Å². The summed E-state index contributed by atoms with van der Waals surface area (Å²) < 4.78 is 0. The summed E-state index contributed by atoms with van der Waals surface area (Å²) in [5.41, 5.74) is 0.550. The summed E-state index contributed by atoms with van der Waals surface area (Å²) in [5, 5.41) is 0. The Morgan fingerprint density at radius 3 is 1.55 bits per heavy atom. The van der Waals surface area contributed by atoms with Gasteiger partial charge in [0.2, 0.25) is 0 Å². The van der Waals surface area contributed by atoms with E-state index >= 15 is 0 Å². The average molecular weight is 329 g/mol. The van der Waals surface area contributed by atoms with E-state index in [1.54, 1.807) is 0 Å². The zero-order valence-corrected chi connectivity index (χ0v) is 18.2. The van der Waals surface area contributed by atoms with Gasteiger partial charge in [-0.3, -0.25) is 0 Å². The van der Waals surface area contributed by atoms with Gasteiger partial charge in [-0.2, -0.15) is 12.6 Å². The van der Waals surface area contributed by atoms with E-state index in [1.165, 1.54) is 6.42 Å². The van der Waals surface area contributed by atoms with E-state index < -0.39 is 0 Å². The molecule has 0 aliphatic rings. The van der Waals surface area contributed by atoms with Crippen LogP contribution in [-0.2, 0) is 0 Å². The smallest absolute Gasteiger partial charge is 0.00361 e. The van der Waals surface area contributed by atoms with Crippen LogP contribution >= 0.6 is 12.6 Å². The summed E-state index contributed by atoms with van der Waals surface area (Å²) in [6.07, 6.45) is 1.29. The number of rotatable bonds is 9. The van der Waals surface area contributed by atoms with Crippen molar-refractivity contribution in [1.82, 2.24) is 0 Å². The molecule has 0 rings (SSSR count). The Hall–Kier alpha value is 0.350. The number of hydrogen-bond donors (Lipinski definition) is 1. The molecule has 0 aromatic heterocycles. The summed E-state index contributed by atoms with van der Waals surface area (Å²) >= 11 is 4.74. The molecule has 0 bridgehead atoms. The van der Waals surface area contributed by atoms with Crippen LogP contribution in [0.5, 0.6) is 0 Å². The molecule has 1 heteroatoms. The van der Waals surface area contributed by atoms with Gasteiger partial charge in [0.1, 0.15) is 0 Å². The molecule has 0 N–H and O–H groups in total. The number of hydrogen-bond acceptors (Lipinski definition) is 1. The molecule has 0 heterocycles. The molecule has 0 nitrogen and oxygen atoms in total. The van der Waals surface area contributed by atoms with Gasteiger partial charge in [-0.05, 0) is 52.1 Å². The Morgan fingerprint density at radius 1 is 0.773 bits per heavy atom. The van der Waals surface area contributed by atoms with Crippen LogP contribution < -0.4 is 0 Å². The second-order valence-corrected chi connectivity index (χ2v) is 9.52. The SMILES string of the molecule is CCC(C)C(C)C(C)C(C)C(C)C(C)(C)C(C)(CS)C(C)C. The first-order valence-electron chi connectivity index (χ1n) is 9.49. The molecule has 0 radical (unpaired) electrons. The normalized spacial score (nSPS) is 22.8. The van der Waals surface area contributed by atoms with Crippen molar-refractivity contribution < 1.29 is 0 Å². The van der Waals surface area contributed by atoms with Gasteiger partial charge in [-0.15, -0.1) is 0 Å². The molecule has 22 heavy (non-hydrogen) atoms. The third-order valence-corrected chi connectivity index (χ3v) is 8.86. The zero-order valence-electron chi connectivity index (χ0n) is 17.3. The minimum atomic E-state index is 0.267. The Morgan fingerprint density at radius 2 is 1.23 bits per heavy atom. The lowest BCUT2D eigenvalue weighted by Gasteiger charge is -2.53. The Labute approximate surface area is 147 Å². The fourth-order valence-electron chi connectivity index (χ4n) is 4.13. The van der Waals surface area contributed by atoms with Gasteiger partial charge < -0.3 is 0 Å². The maximum atomic E-state index is 4.74. The van der Waals surface area contributed by atoms with Crippen LogP contribution in [0.4, 0.5) is 0 Å². The maximum absolute atomic E-state index is 4.74. The van der Waals surface area contributed by atoms with Gasteiger partial charge >= 0.3 is 0 Å². The highest BCUT2D eigenvalue weighted by Gasteiger charge is 2.47. The van der Waals surface area contributed by atoms with Gasteiger partial charge in [0.15, 0.2) is 0 Å². The first-order valence-corrected chi connectivity index (χ1v) is 10.1. The van der Waals surface area contributed by atoms with Crippen LogP contribution in [0.3, 0.4) is 0 Å². The lowest BCUT2D eigenvalue weighted by Crippen LogP contribution is -2.48. The van der Waals surface area contributed by atoms with Crippen molar-refractivity contribution in [2.75, 3.05) is 5.75 Å². The third-order valence-electron chi connectivity index (χ3n) is 8.20. The lowest BCUT2D eigenvalue weighted by molar-refractivity contribution is -0.0278. The standard InChI is InChI=1S/C21H44S/c1-12-15(4)16(5)17(6)18(7)19(8)20(9,10)21(11,13-22)14(2)3/h14-19,22H,12-13H2,1-11H3. The fraction of sp³-hybridized carbons (Fsp3) is 1.00. The largest absolute Gasteiger partial charge is 0.179 e. The van der Waals surface area contributed by atoms with Crippen LogP contribution in [0.1, 0.15) is 82.6 Å². The molecular formula is C21H44S. The first kappa shape index (κ1) is 22.4. The summed E-state index contributed by atoms with van der Waals surface area (Å²) in [4.78, 5) is 0. The van der Waals surface area contributed by atoms with Crippen LogP contribution in [0.2, 0.25) is 0 Å². The zero-order chi connectivity index (χ0) is 17.9. The molecule has 0 aromatic carbocycles. The molecule has 0 spiro atoms. The quantitative estimate of drug-likeness (QED) is 0.425. The van der Waals surface area contributed by atoms with Crippen molar-refractivity contribution in [1.29, 1.82) is 0 Å². The fourth-order valence-corrected chi connectivity index (χ4v) is 4.90. The van der Waals surface area contributed by atoms with Crippen molar-refractivity contribution in [2.24, 2.45) is 46.3 Å². The van der Waals surface area contributed by atoms with Gasteiger partial charge in [-0.1, -0.05) is 82.6 Å². The predicted octanol–water partition coefficient (Wildman–Crippen LogP) is 7.20. The molecule has 0 amide bonds. The highest BCUT2D eigenvalue weighted by Crippen LogP contribution is 2.53. The Balaban J connectivity index is 5.33. The van der Waals surface area contributed by atoms with Crippen molar-refractivity contribution in [3.8, 4) is 0 Å². The third kappa shape index (κ3) is 4.25. The van der Waals surface area contributed by atoms with Gasteiger partial charge in [0.05, 0.1) is 0 Å². The number of thiol groups is 1. The van der Waals surface area contributed by atoms with Crippen molar-refractivity contribution in [3.05, 3.63) is 0 Å². The van der Waals surface area contributed by atoms with Crippen LogP contribution in [0.25, 0.3) is 0 Å². The molecule has 0 aliphatic heterocycles. The van der Waals surface area contributed by atoms with Crippen molar-refractivity contribution >= 4 is 12.6 Å². The second kappa shape index (κ2) is 8.45. The van der Waals surface area contributed by atoms with Crippen molar-refractivity contribution in [3.63, 3.8) is 0 Å². The molecule has 0 aliphatic carbocycles. The minimum absolute atomic E-state index is 0.267. The summed E-state index contributed by atoms with van der Waals surface area (Å²) in [7, 11) is 0. The molecule has 0 saturated heterocycles. The average Bonchev–Trinajstić information content (AvgIpc) is 2.49. The van der Waals surface area contributed by atoms with Gasteiger partial charge in [-0.25, -0.2) is 0 Å². The van der Waals surface area contributed by atoms with Gasteiger partial charge in [0.25, 0.3) is 0 Å². The Kier molecular flexibility index (Phi) is 8.58. The Bertz CT molecular complexity index is 320. The van der Waals surface area contributed by atoms with E-state index in [4.69, 9.17) is 12.6 Å². The highest BCUT2D eigenvalue weighted by molar-refractivity contribution is 7.80. The molecule has 0 saturated carbocycles. The molecular weight excluding hydrogens is 284 g/mol. The molecule has 134 valence electrons. The highest BCUT2D eigenvalue weighted by atomic mass is 32.1. The van der Waals surface area contributed by atoms with E-state index in [-0.39, 0.29) is 10.8 Å². The van der Waals surface area contributed by atoms with E-state index in [0.717, 1.165) is 29.4 Å². The van der Waals surface area contributed by atoms with Gasteiger partial charge in [0, 0.05) is 0 Å². The molecule has 0 aromatic rings. The summed E-state index contributed by atoms with van der Waals surface area (Å²) in [6, 6.07) is 0. The first-order chi connectivity index (χ1) is 9.88. The second-order valence-electron chi connectivity index (χ2n) is 9.20. The predicted molar refractivity (Wildman–Crippen MR) is 107 cm³/mol. The monoisotopic (exact) mass is 328 g/mol. The van der Waals surface area contributed by atoms with Crippen molar-refractivity contribution in [2.45, 2.75) is 82.6 Å². The summed E-state index contributed by atoms with van der Waals surface area (Å²) in [5.74, 6) is 5.40. The lowest BCUT2D eigenvalue weighted by atomic mass is 9.53. The van der Waals surface area contributed by atoms with E-state index in [1.807, 2.05) is 0 Å².